The van der Waals surface area contributed by atoms with Crippen LogP contribution < -0.4 is 5.32 Å². The number of fused-ring (bicyclic) bond motifs is 5. The molecule has 2 N–H and O–H groups in total. The van der Waals surface area contributed by atoms with Gasteiger partial charge in [-0.15, -0.1) is 0 Å². The Kier molecular flexibility index (Phi) is 4.79. The molecule has 2 aliphatic heterocycles. The first-order valence-electron chi connectivity index (χ1n) is 11.6. The molecule has 5 rings (SSSR count). The second kappa shape index (κ2) is 7.28. The zero-order valence-corrected chi connectivity index (χ0v) is 19.0. The SMILES string of the molecule is CC1(C)C[C@H]2C[C@](C)(CN2C(=O)CCNC(=O)N2CCc3c([nH]c4ccccc34)C2)C1. The number of urea groups is 1. The molecule has 0 spiro atoms. The third-order valence-electron chi connectivity index (χ3n) is 7.52. The number of benzene rings is 1. The number of aromatic amines is 1. The molecule has 1 aliphatic carbocycles. The van der Waals surface area contributed by atoms with Crippen molar-refractivity contribution in [3.8, 4) is 0 Å². The number of nitrogens with zero attached hydrogens (tertiary/aromatic N) is 2. The van der Waals surface area contributed by atoms with Gasteiger partial charge < -0.3 is 20.1 Å². The van der Waals surface area contributed by atoms with E-state index in [4.69, 9.17) is 0 Å². The van der Waals surface area contributed by atoms with Crippen molar-refractivity contribution in [3.63, 3.8) is 0 Å². The zero-order chi connectivity index (χ0) is 21.8. The molecule has 6 nitrogen and oxygen atoms in total. The fraction of sp³-hybridized carbons (Fsp3) is 0.600. The Morgan fingerprint density at radius 3 is 2.84 bits per heavy atom. The van der Waals surface area contributed by atoms with Crippen molar-refractivity contribution < 1.29 is 9.59 Å². The molecule has 3 amide bonds. The van der Waals surface area contributed by atoms with Gasteiger partial charge >= 0.3 is 6.03 Å². The number of likely N-dealkylation sites (tertiary alicyclic amines) is 1. The Hall–Kier alpha value is -2.50. The smallest absolute Gasteiger partial charge is 0.317 e. The van der Waals surface area contributed by atoms with Crippen molar-refractivity contribution in [1.82, 2.24) is 20.1 Å². The molecule has 1 saturated heterocycles. The molecule has 31 heavy (non-hydrogen) atoms. The fourth-order valence-electron chi connectivity index (χ4n) is 6.65. The first kappa shape index (κ1) is 20.4. The largest absolute Gasteiger partial charge is 0.357 e. The molecule has 1 aromatic heterocycles. The van der Waals surface area contributed by atoms with E-state index in [1.54, 1.807) is 0 Å². The van der Waals surface area contributed by atoms with Gasteiger partial charge in [-0.05, 0) is 48.1 Å². The van der Waals surface area contributed by atoms with E-state index in [1.165, 1.54) is 17.4 Å². The third kappa shape index (κ3) is 3.81. The molecule has 1 aromatic carbocycles. The second-order valence-corrected chi connectivity index (χ2v) is 11.0. The molecule has 2 aromatic rings. The summed E-state index contributed by atoms with van der Waals surface area (Å²) in [5.41, 5.74) is 4.13. The summed E-state index contributed by atoms with van der Waals surface area (Å²) in [5.74, 6) is 0.184. The lowest BCUT2D eigenvalue weighted by atomic mass is 9.65. The van der Waals surface area contributed by atoms with E-state index in [0.717, 1.165) is 37.0 Å². The lowest BCUT2D eigenvalue weighted by molar-refractivity contribution is -0.132. The Balaban J connectivity index is 1.14. The molecule has 3 aliphatic rings. The number of amides is 3. The number of aromatic nitrogens is 1. The van der Waals surface area contributed by atoms with E-state index in [9.17, 15) is 9.59 Å². The van der Waals surface area contributed by atoms with Gasteiger partial charge in [-0.1, -0.05) is 39.0 Å². The highest BCUT2D eigenvalue weighted by atomic mass is 16.2. The highest BCUT2D eigenvalue weighted by Crippen LogP contribution is 2.52. The van der Waals surface area contributed by atoms with Gasteiger partial charge in [0.05, 0.1) is 6.54 Å². The maximum absolute atomic E-state index is 12.9. The van der Waals surface area contributed by atoms with Crippen molar-refractivity contribution in [2.24, 2.45) is 10.8 Å². The first-order chi connectivity index (χ1) is 14.7. The summed E-state index contributed by atoms with van der Waals surface area (Å²) in [5, 5.41) is 4.24. The summed E-state index contributed by atoms with van der Waals surface area (Å²) in [6.07, 6.45) is 4.62. The minimum atomic E-state index is -0.0784. The van der Waals surface area contributed by atoms with Gasteiger partial charge in [0.2, 0.25) is 5.91 Å². The molecule has 166 valence electrons. The molecule has 0 radical (unpaired) electrons. The van der Waals surface area contributed by atoms with Gasteiger partial charge in [-0.25, -0.2) is 4.79 Å². The van der Waals surface area contributed by atoms with Crippen LogP contribution >= 0.6 is 0 Å². The normalized spacial score (nSPS) is 26.7. The fourth-order valence-corrected chi connectivity index (χ4v) is 6.65. The highest BCUT2D eigenvalue weighted by Gasteiger charge is 2.50. The lowest BCUT2D eigenvalue weighted by Crippen LogP contribution is -2.44. The van der Waals surface area contributed by atoms with E-state index >= 15 is 0 Å². The molecule has 2 atom stereocenters. The van der Waals surface area contributed by atoms with Crippen molar-refractivity contribution in [2.75, 3.05) is 19.6 Å². The van der Waals surface area contributed by atoms with Gasteiger partial charge in [0.1, 0.15) is 0 Å². The number of nitrogens with one attached hydrogen (secondary N) is 2. The second-order valence-electron chi connectivity index (χ2n) is 11.0. The van der Waals surface area contributed by atoms with Gasteiger partial charge in [-0.3, -0.25) is 4.79 Å². The molecule has 1 saturated carbocycles. The predicted molar refractivity (Wildman–Crippen MR) is 122 cm³/mol. The summed E-state index contributed by atoms with van der Waals surface area (Å²) < 4.78 is 0. The highest BCUT2D eigenvalue weighted by molar-refractivity contribution is 5.85. The Bertz CT molecular complexity index is 1030. The van der Waals surface area contributed by atoms with Crippen LogP contribution in [0.2, 0.25) is 0 Å². The maximum Gasteiger partial charge on any atom is 0.317 e. The number of para-hydroxylation sites is 1. The molecule has 6 heteroatoms. The summed E-state index contributed by atoms with van der Waals surface area (Å²) in [6, 6.07) is 8.59. The first-order valence-corrected chi connectivity index (χ1v) is 11.6. The molecule has 2 fully saturated rings. The average molecular weight is 423 g/mol. The Labute approximate surface area is 184 Å². The number of carbonyl (C=O) groups excluding carboxylic acids is 2. The number of rotatable bonds is 3. The summed E-state index contributed by atoms with van der Waals surface area (Å²) in [6.45, 7) is 9.53. The van der Waals surface area contributed by atoms with E-state index in [-0.39, 0.29) is 17.4 Å². The quantitative estimate of drug-likeness (QED) is 0.783. The summed E-state index contributed by atoms with van der Waals surface area (Å²) in [4.78, 5) is 33.0. The Morgan fingerprint density at radius 2 is 2.00 bits per heavy atom. The van der Waals surface area contributed by atoms with Crippen molar-refractivity contribution in [2.45, 2.75) is 65.5 Å². The van der Waals surface area contributed by atoms with Crippen LogP contribution in [0.4, 0.5) is 4.79 Å². The van der Waals surface area contributed by atoms with Crippen LogP contribution in [0.15, 0.2) is 24.3 Å². The molecule has 0 unspecified atom stereocenters. The minimum absolute atomic E-state index is 0.0784. The van der Waals surface area contributed by atoms with Crippen LogP contribution in [0, 0.1) is 10.8 Å². The average Bonchev–Trinajstić information content (AvgIpc) is 3.20. The Morgan fingerprint density at radius 1 is 1.19 bits per heavy atom. The monoisotopic (exact) mass is 422 g/mol. The number of H-pyrrole nitrogens is 1. The predicted octanol–water partition coefficient (Wildman–Crippen LogP) is 4.05. The number of carbonyl (C=O) groups is 2. The van der Waals surface area contributed by atoms with Crippen LogP contribution in [0.3, 0.4) is 0 Å². The molecular formula is C25H34N4O2. The third-order valence-corrected chi connectivity index (χ3v) is 7.52. The standard InChI is InChI=1S/C25H34N4O2/c1-24(2)12-17-13-25(3,15-24)16-29(17)22(30)8-10-26-23(31)28-11-9-19-18-6-4-5-7-20(18)27-21(19)14-28/h4-7,17,27H,8-16H2,1-3H3,(H,26,31)/t17-,25-/m0/s1. The van der Waals surface area contributed by atoms with Crippen LogP contribution in [-0.2, 0) is 17.8 Å². The number of hydrogen-bond acceptors (Lipinski definition) is 2. The van der Waals surface area contributed by atoms with E-state index in [1.807, 2.05) is 11.0 Å². The van der Waals surface area contributed by atoms with Gasteiger partial charge in [0.25, 0.3) is 0 Å². The van der Waals surface area contributed by atoms with Crippen LogP contribution in [-0.4, -0.2) is 52.4 Å². The summed E-state index contributed by atoms with van der Waals surface area (Å²) in [7, 11) is 0. The molecule has 3 heterocycles. The molecular weight excluding hydrogens is 388 g/mol. The number of hydrogen-bond donors (Lipinski definition) is 2. The van der Waals surface area contributed by atoms with Crippen LogP contribution in [0.1, 0.15) is 57.7 Å². The molecule has 2 bridgehead atoms. The zero-order valence-electron chi connectivity index (χ0n) is 19.0. The van der Waals surface area contributed by atoms with E-state index < -0.39 is 0 Å². The van der Waals surface area contributed by atoms with E-state index in [2.05, 4.69) is 54.2 Å². The lowest BCUT2D eigenvalue weighted by Gasteiger charge is -2.39. The van der Waals surface area contributed by atoms with Gasteiger partial charge in [0, 0.05) is 48.7 Å². The van der Waals surface area contributed by atoms with Crippen LogP contribution in [0.5, 0.6) is 0 Å². The van der Waals surface area contributed by atoms with Gasteiger partial charge in [0.15, 0.2) is 0 Å². The topological polar surface area (TPSA) is 68.4 Å². The van der Waals surface area contributed by atoms with Crippen molar-refractivity contribution >= 4 is 22.8 Å². The van der Waals surface area contributed by atoms with Crippen LogP contribution in [0.25, 0.3) is 10.9 Å². The van der Waals surface area contributed by atoms with Gasteiger partial charge in [-0.2, -0.15) is 0 Å². The van der Waals surface area contributed by atoms with Crippen molar-refractivity contribution in [1.29, 1.82) is 0 Å². The van der Waals surface area contributed by atoms with E-state index in [0.29, 0.717) is 37.5 Å². The summed E-state index contributed by atoms with van der Waals surface area (Å²) >= 11 is 0. The maximum atomic E-state index is 12.9. The minimum Gasteiger partial charge on any atom is -0.357 e. The van der Waals surface area contributed by atoms with Crippen molar-refractivity contribution in [3.05, 3.63) is 35.5 Å².